The number of carbonyl (C=O) groups is 2. The summed E-state index contributed by atoms with van der Waals surface area (Å²) < 4.78 is 15.6. The van der Waals surface area contributed by atoms with Gasteiger partial charge >= 0.3 is 12.2 Å². The van der Waals surface area contributed by atoms with E-state index in [9.17, 15) is 9.59 Å². The molecule has 2 amide bonds. The summed E-state index contributed by atoms with van der Waals surface area (Å²) in [6.45, 7) is 7.20. The van der Waals surface area contributed by atoms with E-state index in [4.69, 9.17) is 13.9 Å². The zero-order valence-corrected chi connectivity index (χ0v) is 18.4. The van der Waals surface area contributed by atoms with Crippen molar-refractivity contribution < 1.29 is 23.5 Å². The maximum absolute atomic E-state index is 12.2. The Hall–Kier alpha value is -3.03. The molecule has 1 aliphatic heterocycles. The Bertz CT molecular complexity index is 835. The average Bonchev–Trinajstić information content (AvgIpc) is 3.25. The number of ether oxygens (including phenoxy) is 2. The Kier molecular flexibility index (Phi) is 7.55. The van der Waals surface area contributed by atoms with Crippen LogP contribution < -0.4 is 5.32 Å². The summed E-state index contributed by atoms with van der Waals surface area (Å²) >= 11 is 0. The SMILES string of the molecule is CC(C)(C)OC(=O)N1CCC(CCc2ccc(NC(=O)OCc3cnco3)cc2)CC1. The summed E-state index contributed by atoms with van der Waals surface area (Å²) in [5.74, 6) is 1.09. The van der Waals surface area contributed by atoms with Crippen molar-refractivity contribution in [2.75, 3.05) is 18.4 Å². The Balaban J connectivity index is 1.36. The quantitative estimate of drug-likeness (QED) is 0.694. The topological polar surface area (TPSA) is 93.9 Å². The molecule has 31 heavy (non-hydrogen) atoms. The van der Waals surface area contributed by atoms with Crippen molar-refractivity contribution in [3.63, 3.8) is 0 Å². The van der Waals surface area contributed by atoms with Crippen LogP contribution in [-0.2, 0) is 22.5 Å². The zero-order valence-electron chi connectivity index (χ0n) is 18.4. The molecular formula is C23H31N3O5. The molecule has 1 fully saturated rings. The number of oxazole rings is 1. The van der Waals surface area contributed by atoms with E-state index in [0.29, 0.717) is 17.4 Å². The van der Waals surface area contributed by atoms with E-state index in [1.54, 1.807) is 0 Å². The minimum absolute atomic E-state index is 0.0384. The number of nitrogens with one attached hydrogen (secondary N) is 1. The maximum atomic E-state index is 12.2. The number of aryl methyl sites for hydroxylation is 1. The van der Waals surface area contributed by atoms with E-state index in [1.165, 1.54) is 18.2 Å². The number of benzene rings is 1. The molecule has 0 atom stereocenters. The molecule has 3 rings (SSSR count). The molecule has 0 unspecified atom stereocenters. The fourth-order valence-electron chi connectivity index (χ4n) is 3.46. The molecule has 0 saturated carbocycles. The Morgan fingerprint density at radius 3 is 2.52 bits per heavy atom. The van der Waals surface area contributed by atoms with Gasteiger partial charge in [-0.3, -0.25) is 5.32 Å². The first kappa shape index (κ1) is 22.7. The monoisotopic (exact) mass is 429 g/mol. The molecule has 8 nitrogen and oxygen atoms in total. The third kappa shape index (κ3) is 7.62. The number of nitrogens with zero attached hydrogens (tertiary/aromatic N) is 2. The maximum Gasteiger partial charge on any atom is 0.412 e. The van der Waals surface area contributed by atoms with Gasteiger partial charge in [0.05, 0.1) is 6.20 Å². The van der Waals surface area contributed by atoms with Gasteiger partial charge in [-0.1, -0.05) is 12.1 Å². The summed E-state index contributed by atoms with van der Waals surface area (Å²) in [5, 5.41) is 2.70. The minimum Gasteiger partial charge on any atom is -0.445 e. The van der Waals surface area contributed by atoms with Crippen LogP contribution in [0.25, 0.3) is 0 Å². The van der Waals surface area contributed by atoms with Crippen molar-refractivity contribution in [3.05, 3.63) is 48.2 Å². The summed E-state index contributed by atoms with van der Waals surface area (Å²) in [4.78, 5) is 29.6. The lowest BCUT2D eigenvalue weighted by atomic mass is 9.90. The highest BCUT2D eigenvalue weighted by atomic mass is 16.6. The van der Waals surface area contributed by atoms with E-state index in [-0.39, 0.29) is 12.7 Å². The lowest BCUT2D eigenvalue weighted by Gasteiger charge is -2.33. The fourth-order valence-corrected chi connectivity index (χ4v) is 3.46. The molecule has 2 heterocycles. The van der Waals surface area contributed by atoms with E-state index in [2.05, 4.69) is 10.3 Å². The standard InChI is InChI=1S/C23H31N3O5/c1-23(2,3)31-22(28)26-12-10-18(11-13-26)5-4-17-6-8-19(9-7-17)25-21(27)29-15-20-14-24-16-30-20/h6-9,14,16,18H,4-5,10-13,15H2,1-3H3,(H,25,27). The Morgan fingerprint density at radius 1 is 1.19 bits per heavy atom. The van der Waals surface area contributed by atoms with Gasteiger partial charge < -0.3 is 18.8 Å². The second-order valence-electron chi connectivity index (χ2n) is 8.82. The second kappa shape index (κ2) is 10.3. The number of aromatic nitrogens is 1. The molecule has 0 aliphatic carbocycles. The number of carbonyl (C=O) groups excluding carboxylic acids is 2. The van der Waals surface area contributed by atoms with E-state index < -0.39 is 11.7 Å². The third-order valence-electron chi connectivity index (χ3n) is 5.14. The fraction of sp³-hybridized carbons (Fsp3) is 0.522. The molecule has 0 spiro atoms. The number of piperidine rings is 1. The summed E-state index contributed by atoms with van der Waals surface area (Å²) in [5.41, 5.74) is 1.44. The van der Waals surface area contributed by atoms with Crippen molar-refractivity contribution in [1.82, 2.24) is 9.88 Å². The molecule has 1 aromatic heterocycles. The lowest BCUT2D eigenvalue weighted by molar-refractivity contribution is 0.0181. The normalized spacial score (nSPS) is 14.9. The van der Waals surface area contributed by atoms with Gasteiger partial charge in [0, 0.05) is 18.8 Å². The number of anilines is 1. The van der Waals surface area contributed by atoms with E-state index in [1.807, 2.05) is 49.9 Å². The van der Waals surface area contributed by atoms with Gasteiger partial charge in [-0.15, -0.1) is 0 Å². The molecule has 8 heteroatoms. The largest absolute Gasteiger partial charge is 0.445 e. The number of amides is 2. The molecule has 1 aromatic carbocycles. The first-order valence-electron chi connectivity index (χ1n) is 10.7. The Labute approximate surface area is 182 Å². The molecule has 1 N–H and O–H groups in total. The third-order valence-corrected chi connectivity index (χ3v) is 5.14. The van der Waals surface area contributed by atoms with Crippen molar-refractivity contribution in [1.29, 1.82) is 0 Å². The van der Waals surface area contributed by atoms with E-state index in [0.717, 1.165) is 38.8 Å². The lowest BCUT2D eigenvalue weighted by Crippen LogP contribution is -2.41. The van der Waals surface area contributed by atoms with Gasteiger partial charge in [-0.05, 0) is 70.1 Å². The van der Waals surface area contributed by atoms with Crippen molar-refractivity contribution in [3.8, 4) is 0 Å². The molecule has 0 radical (unpaired) electrons. The minimum atomic E-state index is -0.541. The van der Waals surface area contributed by atoms with Gasteiger partial charge in [-0.2, -0.15) is 0 Å². The predicted octanol–water partition coefficient (Wildman–Crippen LogP) is 5.00. The van der Waals surface area contributed by atoms with Crippen LogP contribution in [0.4, 0.5) is 15.3 Å². The number of hydrogen-bond acceptors (Lipinski definition) is 6. The van der Waals surface area contributed by atoms with Crippen LogP contribution in [0, 0.1) is 5.92 Å². The van der Waals surface area contributed by atoms with Crippen molar-refractivity contribution in [2.24, 2.45) is 5.92 Å². The molecule has 0 bridgehead atoms. The molecular weight excluding hydrogens is 398 g/mol. The zero-order chi connectivity index (χ0) is 22.3. The highest BCUT2D eigenvalue weighted by Gasteiger charge is 2.26. The summed E-state index contributed by atoms with van der Waals surface area (Å²) in [7, 11) is 0. The highest BCUT2D eigenvalue weighted by Crippen LogP contribution is 2.24. The van der Waals surface area contributed by atoms with Crippen LogP contribution in [0.2, 0.25) is 0 Å². The van der Waals surface area contributed by atoms with Crippen LogP contribution in [0.15, 0.2) is 41.3 Å². The number of rotatable bonds is 6. The molecule has 1 saturated heterocycles. The molecule has 168 valence electrons. The molecule has 2 aromatic rings. The Morgan fingerprint density at radius 2 is 1.90 bits per heavy atom. The van der Waals surface area contributed by atoms with Gasteiger partial charge in [0.1, 0.15) is 5.60 Å². The smallest absolute Gasteiger partial charge is 0.412 e. The summed E-state index contributed by atoms with van der Waals surface area (Å²) in [6, 6.07) is 7.77. The van der Waals surface area contributed by atoms with E-state index >= 15 is 0 Å². The van der Waals surface area contributed by atoms with Crippen LogP contribution >= 0.6 is 0 Å². The van der Waals surface area contributed by atoms with Crippen molar-refractivity contribution in [2.45, 2.75) is 58.7 Å². The van der Waals surface area contributed by atoms with Gasteiger partial charge in [0.2, 0.25) is 0 Å². The first-order valence-corrected chi connectivity index (χ1v) is 10.7. The highest BCUT2D eigenvalue weighted by molar-refractivity contribution is 5.84. The summed E-state index contributed by atoms with van der Waals surface area (Å²) in [6.07, 6.45) is 6.07. The second-order valence-corrected chi connectivity index (χ2v) is 8.82. The number of likely N-dealkylation sites (tertiary alicyclic amines) is 1. The van der Waals surface area contributed by atoms with Gasteiger partial charge in [0.15, 0.2) is 18.8 Å². The van der Waals surface area contributed by atoms with Crippen molar-refractivity contribution >= 4 is 17.9 Å². The van der Waals surface area contributed by atoms with Gasteiger partial charge in [0.25, 0.3) is 0 Å². The van der Waals surface area contributed by atoms with Crippen LogP contribution in [0.1, 0.15) is 51.4 Å². The van der Waals surface area contributed by atoms with Crippen LogP contribution in [0.5, 0.6) is 0 Å². The molecule has 1 aliphatic rings. The van der Waals surface area contributed by atoms with Gasteiger partial charge in [-0.25, -0.2) is 14.6 Å². The number of hydrogen-bond donors (Lipinski definition) is 1. The predicted molar refractivity (Wildman–Crippen MR) is 116 cm³/mol. The first-order chi connectivity index (χ1) is 14.8. The van der Waals surface area contributed by atoms with Crippen LogP contribution in [-0.4, -0.2) is 40.8 Å². The van der Waals surface area contributed by atoms with Crippen LogP contribution in [0.3, 0.4) is 0 Å². The average molecular weight is 430 g/mol.